The van der Waals surface area contributed by atoms with Crippen molar-refractivity contribution in [2.75, 3.05) is 5.32 Å². The lowest BCUT2D eigenvalue weighted by atomic mass is 10.1. The van der Waals surface area contributed by atoms with Crippen LogP contribution in [0, 0.1) is 6.92 Å². The van der Waals surface area contributed by atoms with Crippen LogP contribution in [-0.2, 0) is 11.2 Å². The minimum Gasteiger partial charge on any atom is -0.339 e. The summed E-state index contributed by atoms with van der Waals surface area (Å²) in [5.74, 6) is 0.752. The first-order valence-corrected chi connectivity index (χ1v) is 8.41. The predicted octanol–water partition coefficient (Wildman–Crippen LogP) is 4.92. The molecule has 0 atom stereocenters. The van der Waals surface area contributed by atoms with Gasteiger partial charge in [0.2, 0.25) is 17.6 Å². The molecule has 128 valence electrons. The minimum atomic E-state index is -0.186. The van der Waals surface area contributed by atoms with E-state index >= 15 is 0 Å². The number of nitrogens with one attached hydrogen (secondary N) is 1. The average molecular weight is 376 g/mol. The van der Waals surface area contributed by atoms with Crippen LogP contribution in [0.15, 0.2) is 47.0 Å². The number of halogens is 2. The summed E-state index contributed by atoms with van der Waals surface area (Å²) in [6, 6.07) is 12.6. The molecule has 1 aromatic heterocycles. The highest BCUT2D eigenvalue weighted by Crippen LogP contribution is 2.23. The van der Waals surface area contributed by atoms with E-state index < -0.39 is 0 Å². The number of aromatic nitrogens is 2. The quantitative estimate of drug-likeness (QED) is 0.686. The van der Waals surface area contributed by atoms with Crippen LogP contribution in [0.5, 0.6) is 0 Å². The normalized spacial score (nSPS) is 10.7. The maximum atomic E-state index is 12.1. The van der Waals surface area contributed by atoms with Crippen LogP contribution in [0.1, 0.15) is 17.9 Å². The first kappa shape index (κ1) is 17.5. The van der Waals surface area contributed by atoms with Gasteiger partial charge in [0.05, 0.1) is 0 Å². The van der Waals surface area contributed by atoms with Gasteiger partial charge in [-0.1, -0.05) is 52.6 Å². The molecule has 0 saturated carbocycles. The molecule has 0 aliphatic heterocycles. The van der Waals surface area contributed by atoms with Crippen molar-refractivity contribution in [3.63, 3.8) is 0 Å². The number of hydrogen-bond donors (Lipinski definition) is 1. The Kier molecular flexibility index (Phi) is 5.36. The van der Waals surface area contributed by atoms with Gasteiger partial charge in [-0.3, -0.25) is 4.79 Å². The van der Waals surface area contributed by atoms with Crippen molar-refractivity contribution in [3.8, 4) is 11.4 Å². The number of benzene rings is 2. The maximum Gasteiger partial charge on any atom is 0.227 e. The van der Waals surface area contributed by atoms with E-state index in [1.165, 1.54) is 0 Å². The minimum absolute atomic E-state index is 0.186. The molecule has 5 nitrogen and oxygen atoms in total. The Hall–Kier alpha value is -2.37. The molecule has 0 saturated heterocycles. The highest BCUT2D eigenvalue weighted by atomic mass is 35.5. The molecule has 0 spiro atoms. The van der Waals surface area contributed by atoms with Crippen LogP contribution in [0.25, 0.3) is 11.4 Å². The average Bonchev–Trinajstić information content (AvgIpc) is 3.01. The van der Waals surface area contributed by atoms with E-state index in [-0.39, 0.29) is 12.3 Å². The molecule has 25 heavy (non-hydrogen) atoms. The van der Waals surface area contributed by atoms with E-state index in [0.29, 0.717) is 33.9 Å². The van der Waals surface area contributed by atoms with Crippen molar-refractivity contribution in [2.24, 2.45) is 0 Å². The lowest BCUT2D eigenvalue weighted by Gasteiger charge is -2.05. The highest BCUT2D eigenvalue weighted by Gasteiger charge is 2.12. The fraction of sp³-hybridized carbons (Fsp3) is 0.167. The zero-order valence-electron chi connectivity index (χ0n) is 13.4. The van der Waals surface area contributed by atoms with Crippen molar-refractivity contribution in [2.45, 2.75) is 19.8 Å². The van der Waals surface area contributed by atoms with Gasteiger partial charge in [0.25, 0.3) is 0 Å². The molecular weight excluding hydrogens is 361 g/mol. The van der Waals surface area contributed by atoms with Crippen LogP contribution in [-0.4, -0.2) is 16.0 Å². The fourth-order valence-corrected chi connectivity index (χ4v) is 2.89. The van der Waals surface area contributed by atoms with Crippen LogP contribution < -0.4 is 5.32 Å². The Morgan fingerprint density at radius 1 is 1.16 bits per heavy atom. The van der Waals surface area contributed by atoms with E-state index in [0.717, 1.165) is 11.1 Å². The van der Waals surface area contributed by atoms with Crippen LogP contribution >= 0.6 is 23.2 Å². The summed E-state index contributed by atoms with van der Waals surface area (Å²) in [6.45, 7) is 1.98. The van der Waals surface area contributed by atoms with Crippen molar-refractivity contribution in [1.82, 2.24) is 10.1 Å². The molecule has 0 aliphatic rings. The number of nitrogens with zero attached hydrogens (tertiary/aromatic N) is 2. The molecule has 0 fully saturated rings. The smallest absolute Gasteiger partial charge is 0.227 e. The van der Waals surface area contributed by atoms with E-state index in [1.54, 1.807) is 18.2 Å². The SMILES string of the molecule is Cc1ccccc1-c1noc(CCC(=O)Nc2cc(Cl)cc(Cl)c2)n1. The van der Waals surface area contributed by atoms with Gasteiger partial charge in [0.15, 0.2) is 0 Å². The molecular formula is C18H15Cl2N3O2. The van der Waals surface area contributed by atoms with Crippen molar-refractivity contribution >= 4 is 34.8 Å². The standard InChI is InChI=1S/C18H15Cl2N3O2/c1-11-4-2-3-5-15(11)18-22-17(25-23-18)7-6-16(24)21-14-9-12(19)8-13(20)10-14/h2-5,8-10H,6-7H2,1H3,(H,21,24). The third-order valence-electron chi connectivity index (χ3n) is 3.57. The maximum absolute atomic E-state index is 12.1. The van der Waals surface area contributed by atoms with Crippen LogP contribution in [0.3, 0.4) is 0 Å². The molecule has 0 bridgehead atoms. The molecule has 2 aromatic carbocycles. The zero-order chi connectivity index (χ0) is 17.8. The largest absolute Gasteiger partial charge is 0.339 e. The molecule has 0 aliphatic carbocycles. The Labute approximate surface area is 155 Å². The lowest BCUT2D eigenvalue weighted by Crippen LogP contribution is -2.12. The van der Waals surface area contributed by atoms with Gasteiger partial charge < -0.3 is 9.84 Å². The highest BCUT2D eigenvalue weighted by molar-refractivity contribution is 6.35. The van der Waals surface area contributed by atoms with Crippen molar-refractivity contribution in [3.05, 3.63) is 64.0 Å². The molecule has 0 radical (unpaired) electrons. The third kappa shape index (κ3) is 4.59. The summed E-state index contributed by atoms with van der Waals surface area (Å²) in [7, 11) is 0. The van der Waals surface area contributed by atoms with Gasteiger partial charge in [0, 0.05) is 34.1 Å². The first-order chi connectivity index (χ1) is 12.0. The molecule has 1 amide bonds. The molecule has 1 N–H and O–H groups in total. The van der Waals surface area contributed by atoms with E-state index in [2.05, 4.69) is 15.5 Å². The van der Waals surface area contributed by atoms with Gasteiger partial charge in [0.1, 0.15) is 0 Å². The van der Waals surface area contributed by atoms with Crippen LogP contribution in [0.4, 0.5) is 5.69 Å². The number of anilines is 1. The summed E-state index contributed by atoms with van der Waals surface area (Å²) in [4.78, 5) is 16.4. The molecule has 7 heteroatoms. The second kappa shape index (κ2) is 7.68. The number of hydrogen-bond acceptors (Lipinski definition) is 4. The van der Waals surface area contributed by atoms with Gasteiger partial charge in [-0.2, -0.15) is 4.98 Å². The van der Waals surface area contributed by atoms with Crippen LogP contribution in [0.2, 0.25) is 10.0 Å². The Morgan fingerprint density at radius 3 is 2.60 bits per heavy atom. The van der Waals surface area contributed by atoms with Crippen molar-refractivity contribution < 1.29 is 9.32 Å². The number of rotatable bonds is 5. The number of carbonyl (C=O) groups excluding carboxylic acids is 1. The fourth-order valence-electron chi connectivity index (χ4n) is 2.36. The van der Waals surface area contributed by atoms with E-state index in [1.807, 2.05) is 31.2 Å². The van der Waals surface area contributed by atoms with Gasteiger partial charge in [-0.05, 0) is 30.7 Å². The van der Waals surface area contributed by atoms with Gasteiger partial charge >= 0.3 is 0 Å². The second-order valence-electron chi connectivity index (χ2n) is 5.53. The summed E-state index contributed by atoms with van der Waals surface area (Å²) in [5, 5.41) is 7.64. The van der Waals surface area contributed by atoms with E-state index in [9.17, 15) is 4.79 Å². The Bertz CT molecular complexity index is 889. The molecule has 3 aromatic rings. The number of carbonyl (C=O) groups is 1. The summed E-state index contributed by atoms with van der Waals surface area (Å²) in [5.41, 5.74) is 2.52. The summed E-state index contributed by atoms with van der Waals surface area (Å²) < 4.78 is 5.23. The summed E-state index contributed by atoms with van der Waals surface area (Å²) in [6.07, 6.45) is 0.554. The lowest BCUT2D eigenvalue weighted by molar-refractivity contribution is -0.116. The van der Waals surface area contributed by atoms with Gasteiger partial charge in [-0.25, -0.2) is 0 Å². The monoisotopic (exact) mass is 375 g/mol. The van der Waals surface area contributed by atoms with Crippen molar-refractivity contribution in [1.29, 1.82) is 0 Å². The number of amides is 1. The molecule has 3 rings (SSSR count). The second-order valence-corrected chi connectivity index (χ2v) is 6.41. The Balaban J connectivity index is 1.60. The van der Waals surface area contributed by atoms with E-state index in [4.69, 9.17) is 27.7 Å². The third-order valence-corrected chi connectivity index (χ3v) is 4.00. The number of aryl methyl sites for hydroxylation is 2. The molecule has 1 heterocycles. The predicted molar refractivity (Wildman–Crippen MR) is 97.9 cm³/mol. The Morgan fingerprint density at radius 2 is 1.88 bits per heavy atom. The first-order valence-electron chi connectivity index (χ1n) is 7.66. The zero-order valence-corrected chi connectivity index (χ0v) is 14.9. The summed E-state index contributed by atoms with van der Waals surface area (Å²) >= 11 is 11.8. The molecule has 0 unspecified atom stereocenters. The topological polar surface area (TPSA) is 68.0 Å². The van der Waals surface area contributed by atoms with Gasteiger partial charge in [-0.15, -0.1) is 0 Å².